The van der Waals surface area contributed by atoms with E-state index in [9.17, 15) is 9.59 Å². The summed E-state index contributed by atoms with van der Waals surface area (Å²) in [5.41, 5.74) is 5.97. The molecule has 4 aromatic rings. The molecule has 1 heterocycles. The first-order chi connectivity index (χ1) is 14.9. The molecule has 4 rings (SSSR count). The van der Waals surface area contributed by atoms with Gasteiger partial charge in [-0.3, -0.25) is 4.79 Å². The Hall–Kier alpha value is -3.73. The van der Waals surface area contributed by atoms with Crippen LogP contribution in [0.15, 0.2) is 65.8 Å². The number of benzene rings is 3. The molecule has 0 fully saturated rings. The van der Waals surface area contributed by atoms with E-state index in [2.05, 4.69) is 16.6 Å². The van der Waals surface area contributed by atoms with E-state index in [4.69, 9.17) is 4.84 Å². The van der Waals surface area contributed by atoms with Gasteiger partial charge < -0.3 is 9.40 Å². The monoisotopic (exact) mass is 412 g/mol. The van der Waals surface area contributed by atoms with Gasteiger partial charge in [0.1, 0.15) is 0 Å². The van der Waals surface area contributed by atoms with E-state index in [-0.39, 0.29) is 5.78 Å². The molecular formula is C26H24N2O3. The predicted octanol–water partition coefficient (Wildman–Crippen LogP) is 5.64. The smallest absolute Gasteiger partial charge is 0.331 e. The second-order valence-electron chi connectivity index (χ2n) is 7.61. The maximum Gasteiger partial charge on any atom is 0.331 e. The normalized spacial score (nSPS) is 11.8. The Morgan fingerprint density at radius 1 is 0.903 bits per heavy atom. The summed E-state index contributed by atoms with van der Waals surface area (Å²) >= 11 is 0. The van der Waals surface area contributed by atoms with Crippen LogP contribution in [0.1, 0.15) is 47.8 Å². The first kappa shape index (κ1) is 20.5. The molecule has 1 aromatic heterocycles. The maximum absolute atomic E-state index is 13.2. The fourth-order valence-electron chi connectivity index (χ4n) is 3.98. The highest BCUT2D eigenvalue weighted by Crippen LogP contribution is 2.31. The molecule has 0 bridgehead atoms. The number of carbonyl (C=O) groups is 2. The van der Waals surface area contributed by atoms with E-state index in [0.29, 0.717) is 16.8 Å². The number of aryl methyl sites for hydroxylation is 2. The highest BCUT2D eigenvalue weighted by Gasteiger charge is 2.16. The summed E-state index contributed by atoms with van der Waals surface area (Å²) in [5, 5.41) is 5.95. The van der Waals surface area contributed by atoms with Gasteiger partial charge in [0, 0.05) is 46.4 Å². The minimum atomic E-state index is -0.456. The zero-order valence-electron chi connectivity index (χ0n) is 18.1. The average molecular weight is 412 g/mol. The standard InChI is InChI=1S/C26H24N2O3/c1-5-28-24-12-10-19(17(3)27-31-18(4)29)14-22(24)23-15-20(11-13-25(23)28)26(30)21-9-7-6-8-16(21)2/h6-15H,5H2,1-4H3/b27-17+. The molecule has 31 heavy (non-hydrogen) atoms. The van der Waals surface area contributed by atoms with Gasteiger partial charge in [0.2, 0.25) is 0 Å². The number of oxime groups is 1. The number of fused-ring (bicyclic) bond motifs is 3. The van der Waals surface area contributed by atoms with Crippen molar-refractivity contribution in [3.05, 3.63) is 82.9 Å². The third-order valence-electron chi connectivity index (χ3n) is 5.56. The minimum absolute atomic E-state index is 0.0150. The van der Waals surface area contributed by atoms with Gasteiger partial charge in [-0.25, -0.2) is 4.79 Å². The molecule has 0 unspecified atom stereocenters. The molecular weight excluding hydrogens is 388 g/mol. The van der Waals surface area contributed by atoms with Crippen molar-refractivity contribution >= 4 is 39.3 Å². The SMILES string of the molecule is CCn1c2ccc(C(=O)c3ccccc3C)cc2c2cc(/C(C)=N/OC(C)=O)ccc21. The molecule has 0 aliphatic heterocycles. The van der Waals surface area contributed by atoms with Gasteiger partial charge in [-0.1, -0.05) is 35.5 Å². The van der Waals surface area contributed by atoms with Crippen molar-refractivity contribution in [1.29, 1.82) is 0 Å². The Balaban J connectivity index is 1.89. The minimum Gasteiger partial charge on any atom is -0.341 e. The average Bonchev–Trinajstić information content (AvgIpc) is 3.09. The van der Waals surface area contributed by atoms with E-state index >= 15 is 0 Å². The van der Waals surface area contributed by atoms with Crippen molar-refractivity contribution < 1.29 is 14.4 Å². The van der Waals surface area contributed by atoms with Crippen LogP contribution in [0.25, 0.3) is 21.8 Å². The largest absolute Gasteiger partial charge is 0.341 e. The first-order valence-corrected chi connectivity index (χ1v) is 10.3. The van der Waals surface area contributed by atoms with Crippen LogP contribution in [0.3, 0.4) is 0 Å². The van der Waals surface area contributed by atoms with Crippen molar-refractivity contribution in [3.63, 3.8) is 0 Å². The maximum atomic E-state index is 13.2. The lowest BCUT2D eigenvalue weighted by Gasteiger charge is -2.06. The molecule has 156 valence electrons. The fraction of sp³-hybridized carbons (Fsp3) is 0.192. The Morgan fingerprint density at radius 3 is 2.13 bits per heavy atom. The number of ketones is 1. The molecule has 0 aliphatic carbocycles. The molecule has 0 radical (unpaired) electrons. The highest BCUT2D eigenvalue weighted by atomic mass is 16.7. The quantitative estimate of drug-likeness (QED) is 0.184. The van der Waals surface area contributed by atoms with Gasteiger partial charge >= 0.3 is 5.97 Å². The number of carbonyl (C=O) groups excluding carboxylic acids is 2. The van der Waals surface area contributed by atoms with Gasteiger partial charge in [-0.2, -0.15) is 0 Å². The zero-order chi connectivity index (χ0) is 22.1. The Bertz CT molecular complexity index is 1360. The number of nitrogens with zero attached hydrogens (tertiary/aromatic N) is 2. The molecule has 0 spiro atoms. The van der Waals surface area contributed by atoms with Gasteiger partial charge in [0.05, 0.1) is 5.71 Å². The van der Waals surface area contributed by atoms with Gasteiger partial charge in [-0.15, -0.1) is 0 Å². The van der Waals surface area contributed by atoms with Crippen LogP contribution in [-0.2, 0) is 16.2 Å². The van der Waals surface area contributed by atoms with Crippen LogP contribution >= 0.6 is 0 Å². The second-order valence-corrected chi connectivity index (χ2v) is 7.61. The topological polar surface area (TPSA) is 60.7 Å². The molecule has 5 heteroatoms. The van der Waals surface area contributed by atoms with Crippen LogP contribution < -0.4 is 0 Å². The molecule has 0 amide bonds. The second kappa shape index (κ2) is 8.19. The van der Waals surface area contributed by atoms with Crippen LogP contribution in [0, 0.1) is 6.92 Å². The number of hydrogen-bond acceptors (Lipinski definition) is 4. The summed E-state index contributed by atoms with van der Waals surface area (Å²) in [5.74, 6) is -0.441. The van der Waals surface area contributed by atoms with Crippen LogP contribution in [-0.4, -0.2) is 22.0 Å². The molecule has 0 saturated carbocycles. The Labute approximate surface area is 180 Å². The predicted molar refractivity (Wildman–Crippen MR) is 124 cm³/mol. The lowest BCUT2D eigenvalue weighted by atomic mass is 9.97. The third kappa shape index (κ3) is 3.75. The number of hydrogen-bond donors (Lipinski definition) is 0. The first-order valence-electron chi connectivity index (χ1n) is 10.3. The van der Waals surface area contributed by atoms with Crippen LogP contribution in [0.5, 0.6) is 0 Å². The Morgan fingerprint density at radius 2 is 1.52 bits per heavy atom. The molecule has 5 nitrogen and oxygen atoms in total. The fourth-order valence-corrected chi connectivity index (χ4v) is 3.98. The van der Waals surface area contributed by atoms with E-state index in [1.807, 2.05) is 67.6 Å². The summed E-state index contributed by atoms with van der Waals surface area (Å²) in [6.45, 7) is 7.99. The summed E-state index contributed by atoms with van der Waals surface area (Å²) in [4.78, 5) is 29.1. The highest BCUT2D eigenvalue weighted by molar-refractivity contribution is 6.16. The number of aromatic nitrogens is 1. The number of rotatable bonds is 5. The van der Waals surface area contributed by atoms with Crippen molar-refractivity contribution in [3.8, 4) is 0 Å². The van der Waals surface area contributed by atoms with Gasteiger partial charge in [0.15, 0.2) is 5.78 Å². The summed E-state index contributed by atoms with van der Waals surface area (Å²) < 4.78 is 2.23. The van der Waals surface area contributed by atoms with Crippen molar-refractivity contribution in [2.45, 2.75) is 34.2 Å². The molecule has 0 aliphatic rings. The van der Waals surface area contributed by atoms with Gasteiger partial charge in [-0.05, 0) is 62.2 Å². The van der Waals surface area contributed by atoms with Crippen molar-refractivity contribution in [2.75, 3.05) is 0 Å². The van der Waals surface area contributed by atoms with Gasteiger partial charge in [0.25, 0.3) is 0 Å². The van der Waals surface area contributed by atoms with E-state index in [1.165, 1.54) is 6.92 Å². The molecule has 3 aromatic carbocycles. The molecule has 0 N–H and O–H groups in total. The van der Waals surface area contributed by atoms with E-state index < -0.39 is 5.97 Å². The Kier molecular flexibility index (Phi) is 5.42. The lowest BCUT2D eigenvalue weighted by molar-refractivity contribution is -0.140. The van der Waals surface area contributed by atoms with Crippen LogP contribution in [0.2, 0.25) is 0 Å². The third-order valence-corrected chi connectivity index (χ3v) is 5.56. The van der Waals surface area contributed by atoms with Crippen molar-refractivity contribution in [2.24, 2.45) is 5.16 Å². The van der Waals surface area contributed by atoms with Crippen molar-refractivity contribution in [1.82, 2.24) is 4.57 Å². The lowest BCUT2D eigenvalue weighted by Crippen LogP contribution is -2.03. The molecule has 0 atom stereocenters. The van der Waals surface area contributed by atoms with Crippen LogP contribution in [0.4, 0.5) is 0 Å². The molecule has 0 saturated heterocycles. The van der Waals surface area contributed by atoms with E-state index in [0.717, 1.165) is 39.5 Å². The summed E-state index contributed by atoms with van der Waals surface area (Å²) in [6, 6.07) is 19.6. The zero-order valence-corrected chi connectivity index (χ0v) is 18.1. The van der Waals surface area contributed by atoms with E-state index in [1.54, 1.807) is 6.92 Å². The summed E-state index contributed by atoms with van der Waals surface area (Å²) in [7, 11) is 0. The summed E-state index contributed by atoms with van der Waals surface area (Å²) in [6.07, 6.45) is 0.